The molecule has 6 nitrogen and oxygen atoms in total. The number of allylic oxidation sites excluding steroid dienone is 10. The first-order valence-electron chi connectivity index (χ1n) is 36.8. The van der Waals surface area contributed by atoms with Crippen molar-refractivity contribution in [2.75, 3.05) is 13.2 Å². The summed E-state index contributed by atoms with van der Waals surface area (Å²) >= 11 is 0. The second-order valence-corrected chi connectivity index (χ2v) is 24.9. The maximum absolute atomic E-state index is 12.9. The van der Waals surface area contributed by atoms with E-state index in [1.54, 1.807) is 0 Å². The summed E-state index contributed by atoms with van der Waals surface area (Å²) in [5.41, 5.74) is 0. The second-order valence-electron chi connectivity index (χ2n) is 24.9. The SMILES string of the molecule is CCCCCCC/C=C\C/C=C\C/C=C\CCCCCCCCCCC(=O)OC(COC(=O)CCCCCCCCCCC)COC(=O)CCCCCCCCCCCCCCCCCCCCCCC/C=C\C/C=C\CCCCCCC. The van der Waals surface area contributed by atoms with E-state index in [1.807, 2.05) is 0 Å². The Hall–Kier alpha value is -2.89. The summed E-state index contributed by atoms with van der Waals surface area (Å²) < 4.78 is 16.9. The van der Waals surface area contributed by atoms with Gasteiger partial charge >= 0.3 is 17.9 Å². The van der Waals surface area contributed by atoms with Gasteiger partial charge < -0.3 is 14.2 Å². The molecule has 484 valence electrons. The third kappa shape index (κ3) is 69.8. The first-order valence-corrected chi connectivity index (χ1v) is 36.8. The van der Waals surface area contributed by atoms with Crippen LogP contribution in [0.4, 0.5) is 0 Å². The van der Waals surface area contributed by atoms with Crippen LogP contribution in [0.5, 0.6) is 0 Å². The van der Waals surface area contributed by atoms with E-state index < -0.39 is 6.10 Å². The van der Waals surface area contributed by atoms with Crippen LogP contribution in [-0.4, -0.2) is 37.2 Å². The highest BCUT2D eigenvalue weighted by Gasteiger charge is 2.19. The van der Waals surface area contributed by atoms with Gasteiger partial charge in [-0.05, 0) is 89.9 Å². The fourth-order valence-corrected chi connectivity index (χ4v) is 11.0. The van der Waals surface area contributed by atoms with E-state index >= 15 is 0 Å². The van der Waals surface area contributed by atoms with Crippen LogP contribution in [0.15, 0.2) is 60.8 Å². The van der Waals surface area contributed by atoms with E-state index in [9.17, 15) is 14.4 Å². The Morgan fingerprint density at radius 3 is 0.675 bits per heavy atom. The second kappa shape index (κ2) is 71.6. The Morgan fingerprint density at radius 2 is 0.434 bits per heavy atom. The van der Waals surface area contributed by atoms with Gasteiger partial charge in [0, 0.05) is 19.3 Å². The summed E-state index contributed by atoms with van der Waals surface area (Å²) in [7, 11) is 0. The highest BCUT2D eigenvalue weighted by molar-refractivity contribution is 5.71. The Morgan fingerprint density at radius 1 is 0.241 bits per heavy atom. The molecular formula is C77H140O6. The lowest BCUT2D eigenvalue weighted by Crippen LogP contribution is -2.30. The summed E-state index contributed by atoms with van der Waals surface area (Å²) in [6.07, 6.45) is 92.8. The summed E-state index contributed by atoms with van der Waals surface area (Å²) in [4.78, 5) is 38.3. The number of rotatable bonds is 68. The Balaban J connectivity index is 4.07. The smallest absolute Gasteiger partial charge is 0.306 e. The fraction of sp³-hybridized carbons (Fsp3) is 0.831. The van der Waals surface area contributed by atoms with Gasteiger partial charge in [0.1, 0.15) is 13.2 Å². The molecule has 1 atom stereocenters. The van der Waals surface area contributed by atoms with Gasteiger partial charge in [-0.1, -0.05) is 345 Å². The summed E-state index contributed by atoms with van der Waals surface area (Å²) in [5, 5.41) is 0. The molecule has 0 aliphatic heterocycles. The number of unbranched alkanes of at least 4 members (excludes halogenated alkanes) is 47. The van der Waals surface area contributed by atoms with E-state index in [2.05, 4.69) is 81.5 Å². The van der Waals surface area contributed by atoms with Gasteiger partial charge in [0.2, 0.25) is 0 Å². The van der Waals surface area contributed by atoms with Crippen LogP contribution in [0.1, 0.15) is 393 Å². The maximum atomic E-state index is 12.9. The first-order chi connectivity index (χ1) is 41.0. The number of ether oxygens (including phenoxy) is 3. The molecule has 0 bridgehead atoms. The zero-order valence-corrected chi connectivity index (χ0v) is 55.7. The average Bonchev–Trinajstić information content (AvgIpc) is 3.49. The standard InChI is InChI=1S/C77H140O6/c1-4-7-10-13-16-19-21-23-25-27-29-31-33-34-35-36-37-38-39-40-41-42-44-45-47-49-51-53-55-58-61-64-67-70-76(79)82-73-74(72-81-75(78)69-66-63-60-57-18-15-12-9-6-3)83-77(80)71-68-65-62-59-56-54-52-50-48-46-43-32-30-28-26-24-22-20-17-14-11-8-5-2/h21-24,27-30,43,46,74H,4-20,25-26,31-42,44-45,47-73H2,1-3H3/b23-21-,24-22-,29-27-,30-28-,46-43-. The van der Waals surface area contributed by atoms with Crippen molar-refractivity contribution in [3.8, 4) is 0 Å². The van der Waals surface area contributed by atoms with Gasteiger partial charge in [-0.15, -0.1) is 0 Å². The van der Waals surface area contributed by atoms with Crippen molar-refractivity contribution in [2.24, 2.45) is 0 Å². The Kier molecular flexibility index (Phi) is 69.1. The van der Waals surface area contributed by atoms with E-state index in [1.165, 1.54) is 270 Å². The van der Waals surface area contributed by atoms with Crippen molar-refractivity contribution in [1.82, 2.24) is 0 Å². The molecule has 6 heteroatoms. The van der Waals surface area contributed by atoms with Crippen molar-refractivity contribution < 1.29 is 28.6 Å². The quantitative estimate of drug-likeness (QED) is 0.0261. The van der Waals surface area contributed by atoms with Crippen LogP contribution in [0.25, 0.3) is 0 Å². The minimum Gasteiger partial charge on any atom is -0.462 e. The van der Waals surface area contributed by atoms with Gasteiger partial charge in [0.15, 0.2) is 6.10 Å². The molecule has 0 rings (SSSR count). The lowest BCUT2D eigenvalue weighted by Gasteiger charge is -2.18. The molecule has 0 aromatic heterocycles. The molecule has 0 saturated heterocycles. The lowest BCUT2D eigenvalue weighted by atomic mass is 10.0. The fourth-order valence-electron chi connectivity index (χ4n) is 11.0. The largest absolute Gasteiger partial charge is 0.462 e. The predicted octanol–water partition coefficient (Wildman–Crippen LogP) is 25.5. The molecule has 1 unspecified atom stereocenters. The summed E-state index contributed by atoms with van der Waals surface area (Å²) in [5.74, 6) is -0.859. The number of esters is 3. The normalized spacial score (nSPS) is 12.4. The molecule has 0 heterocycles. The van der Waals surface area contributed by atoms with Crippen LogP contribution in [0.3, 0.4) is 0 Å². The van der Waals surface area contributed by atoms with Gasteiger partial charge in [-0.3, -0.25) is 14.4 Å². The zero-order valence-electron chi connectivity index (χ0n) is 55.7. The van der Waals surface area contributed by atoms with Crippen LogP contribution in [0.2, 0.25) is 0 Å². The van der Waals surface area contributed by atoms with Crippen molar-refractivity contribution in [3.05, 3.63) is 60.8 Å². The molecule has 0 aromatic rings. The maximum Gasteiger partial charge on any atom is 0.306 e. The summed E-state index contributed by atoms with van der Waals surface area (Å²) in [6.45, 7) is 6.65. The van der Waals surface area contributed by atoms with Gasteiger partial charge in [-0.25, -0.2) is 0 Å². The molecule has 0 aromatic carbocycles. The van der Waals surface area contributed by atoms with Crippen molar-refractivity contribution in [1.29, 1.82) is 0 Å². The molecule has 0 fully saturated rings. The average molecular weight is 1160 g/mol. The van der Waals surface area contributed by atoms with Crippen LogP contribution in [-0.2, 0) is 28.6 Å². The molecule has 0 N–H and O–H groups in total. The van der Waals surface area contributed by atoms with E-state index in [4.69, 9.17) is 14.2 Å². The van der Waals surface area contributed by atoms with Gasteiger partial charge in [-0.2, -0.15) is 0 Å². The third-order valence-electron chi connectivity index (χ3n) is 16.5. The number of hydrogen-bond acceptors (Lipinski definition) is 6. The molecule has 0 saturated carbocycles. The summed E-state index contributed by atoms with van der Waals surface area (Å²) in [6, 6.07) is 0. The molecule has 0 aliphatic carbocycles. The zero-order chi connectivity index (χ0) is 59.9. The van der Waals surface area contributed by atoms with E-state index in [0.29, 0.717) is 19.3 Å². The molecule has 83 heavy (non-hydrogen) atoms. The molecule has 0 radical (unpaired) electrons. The Bertz CT molecular complexity index is 1470. The number of hydrogen-bond donors (Lipinski definition) is 0. The van der Waals surface area contributed by atoms with Crippen molar-refractivity contribution >= 4 is 17.9 Å². The molecular weight excluding hydrogens is 1020 g/mol. The lowest BCUT2D eigenvalue weighted by molar-refractivity contribution is -0.167. The number of carbonyl (C=O) groups is 3. The van der Waals surface area contributed by atoms with Crippen LogP contribution >= 0.6 is 0 Å². The minimum atomic E-state index is -0.775. The minimum absolute atomic E-state index is 0.0722. The first kappa shape index (κ1) is 80.1. The molecule has 0 amide bonds. The molecule has 0 aliphatic rings. The third-order valence-corrected chi connectivity index (χ3v) is 16.5. The number of carbonyl (C=O) groups excluding carboxylic acids is 3. The van der Waals surface area contributed by atoms with Gasteiger partial charge in [0.25, 0.3) is 0 Å². The van der Waals surface area contributed by atoms with Gasteiger partial charge in [0.05, 0.1) is 0 Å². The van der Waals surface area contributed by atoms with E-state index in [-0.39, 0.29) is 31.1 Å². The highest BCUT2D eigenvalue weighted by atomic mass is 16.6. The van der Waals surface area contributed by atoms with Crippen LogP contribution < -0.4 is 0 Å². The Labute approximate surface area is 517 Å². The molecule has 0 spiro atoms. The highest BCUT2D eigenvalue weighted by Crippen LogP contribution is 2.18. The van der Waals surface area contributed by atoms with Crippen molar-refractivity contribution in [2.45, 2.75) is 399 Å². The van der Waals surface area contributed by atoms with Crippen molar-refractivity contribution in [3.63, 3.8) is 0 Å². The predicted molar refractivity (Wildman–Crippen MR) is 362 cm³/mol. The monoisotopic (exact) mass is 1160 g/mol. The topological polar surface area (TPSA) is 78.9 Å². The van der Waals surface area contributed by atoms with Crippen LogP contribution in [0, 0.1) is 0 Å². The van der Waals surface area contributed by atoms with E-state index in [0.717, 1.165) is 83.5 Å².